The third kappa shape index (κ3) is 4.22. The highest BCUT2D eigenvalue weighted by molar-refractivity contribution is 5.94. The molecule has 1 amide bonds. The number of carbonyl (C=O) groups excluding carboxylic acids is 1. The van der Waals surface area contributed by atoms with Crippen LogP contribution < -0.4 is 10.1 Å². The number of hydrogen-bond acceptors (Lipinski definition) is 5. The minimum absolute atomic E-state index is 0.00794. The molecular weight excluding hydrogens is 324 g/mol. The molecule has 0 saturated carbocycles. The number of carbonyl (C=O) groups is 2. The van der Waals surface area contributed by atoms with Crippen molar-refractivity contribution in [3.63, 3.8) is 0 Å². The lowest BCUT2D eigenvalue weighted by Crippen LogP contribution is -2.25. The number of aryl methyl sites for hydroxylation is 1. The molecule has 9 heteroatoms. The van der Waals surface area contributed by atoms with Gasteiger partial charge in [0.2, 0.25) is 5.88 Å². The van der Waals surface area contributed by atoms with E-state index in [1.807, 2.05) is 0 Å². The third-order valence-electron chi connectivity index (χ3n) is 3.04. The van der Waals surface area contributed by atoms with Crippen LogP contribution in [0.3, 0.4) is 0 Å². The highest BCUT2D eigenvalue weighted by Gasteiger charge is 2.15. The van der Waals surface area contributed by atoms with Crippen molar-refractivity contribution in [1.82, 2.24) is 15.3 Å². The second-order valence-electron chi connectivity index (χ2n) is 4.66. The molecular formula is C15H13F2N3O4. The number of carboxylic acid groups (broad SMARTS) is 1. The van der Waals surface area contributed by atoms with Crippen LogP contribution in [0.4, 0.5) is 8.78 Å². The molecule has 0 spiro atoms. The van der Waals surface area contributed by atoms with Gasteiger partial charge in [-0.1, -0.05) is 6.07 Å². The first-order chi connectivity index (χ1) is 11.4. The lowest BCUT2D eigenvalue weighted by Gasteiger charge is -2.10. The maximum absolute atomic E-state index is 12.3. The number of nitrogens with one attached hydrogen (secondary N) is 1. The lowest BCUT2D eigenvalue weighted by atomic mass is 10.2. The van der Waals surface area contributed by atoms with Crippen LogP contribution in [0.15, 0.2) is 30.5 Å². The molecule has 2 N–H and O–H groups in total. The van der Waals surface area contributed by atoms with Gasteiger partial charge < -0.3 is 15.2 Å². The van der Waals surface area contributed by atoms with Gasteiger partial charge in [-0.2, -0.15) is 8.78 Å². The zero-order valence-corrected chi connectivity index (χ0v) is 12.5. The molecule has 0 fully saturated rings. The highest BCUT2D eigenvalue weighted by Crippen LogP contribution is 2.16. The maximum Gasteiger partial charge on any atom is 0.388 e. The van der Waals surface area contributed by atoms with Crippen LogP contribution in [0.1, 0.15) is 32.1 Å². The van der Waals surface area contributed by atoms with Crippen molar-refractivity contribution in [1.29, 1.82) is 0 Å². The predicted octanol–water partition coefficient (Wildman–Crippen LogP) is 2.01. The summed E-state index contributed by atoms with van der Waals surface area (Å²) < 4.78 is 28.9. The second-order valence-corrected chi connectivity index (χ2v) is 4.66. The van der Waals surface area contributed by atoms with Crippen LogP contribution in [0.2, 0.25) is 0 Å². The first-order valence-electron chi connectivity index (χ1n) is 6.76. The maximum atomic E-state index is 12.3. The predicted molar refractivity (Wildman–Crippen MR) is 78.0 cm³/mol. The number of amides is 1. The summed E-state index contributed by atoms with van der Waals surface area (Å²) in [6.07, 6.45) is 1.29. The van der Waals surface area contributed by atoms with Crippen molar-refractivity contribution in [2.24, 2.45) is 0 Å². The molecule has 0 aromatic carbocycles. The van der Waals surface area contributed by atoms with Crippen molar-refractivity contribution in [3.8, 4) is 5.88 Å². The van der Waals surface area contributed by atoms with E-state index in [-0.39, 0.29) is 34.9 Å². The van der Waals surface area contributed by atoms with E-state index in [1.165, 1.54) is 37.4 Å². The van der Waals surface area contributed by atoms with Crippen LogP contribution in [0.25, 0.3) is 0 Å². The number of alkyl halides is 2. The number of aromatic carboxylic acids is 1. The smallest absolute Gasteiger partial charge is 0.388 e. The molecule has 0 unspecified atom stereocenters. The van der Waals surface area contributed by atoms with Crippen molar-refractivity contribution in [3.05, 3.63) is 53.0 Å². The summed E-state index contributed by atoms with van der Waals surface area (Å²) in [7, 11) is 0. The molecule has 0 bridgehead atoms. The quantitative estimate of drug-likeness (QED) is 0.836. The number of pyridine rings is 2. The van der Waals surface area contributed by atoms with Gasteiger partial charge in [-0.3, -0.25) is 4.79 Å². The Kier molecular flexibility index (Phi) is 5.35. The molecule has 0 radical (unpaired) electrons. The molecule has 0 aliphatic heterocycles. The zero-order valence-electron chi connectivity index (χ0n) is 12.5. The van der Waals surface area contributed by atoms with Crippen LogP contribution in [-0.2, 0) is 6.54 Å². The molecule has 2 heterocycles. The standard InChI is InChI=1S/C15H13F2N3O4/c1-8-10(14(22)23)4-5-11(20-8)12(21)19-7-9-3-2-6-18-13(9)24-15(16)17/h2-6,15H,7H2,1H3,(H,19,21)(H,22,23). The Balaban J connectivity index is 2.09. The molecule has 0 atom stereocenters. The van der Waals surface area contributed by atoms with Crippen LogP contribution in [-0.4, -0.2) is 33.6 Å². The molecule has 24 heavy (non-hydrogen) atoms. The number of halogens is 2. The van der Waals surface area contributed by atoms with Gasteiger partial charge in [-0.15, -0.1) is 0 Å². The summed E-state index contributed by atoms with van der Waals surface area (Å²) >= 11 is 0. The number of aromatic nitrogens is 2. The van der Waals surface area contributed by atoms with Gasteiger partial charge in [0.05, 0.1) is 11.3 Å². The van der Waals surface area contributed by atoms with E-state index >= 15 is 0 Å². The number of hydrogen-bond donors (Lipinski definition) is 2. The molecule has 126 valence electrons. The number of ether oxygens (including phenoxy) is 1. The summed E-state index contributed by atoms with van der Waals surface area (Å²) in [6, 6.07) is 5.54. The van der Waals surface area contributed by atoms with Crippen molar-refractivity contribution in [2.45, 2.75) is 20.1 Å². The van der Waals surface area contributed by atoms with Gasteiger partial charge in [0.25, 0.3) is 5.91 Å². The molecule has 2 rings (SSSR count). The van der Waals surface area contributed by atoms with Gasteiger partial charge in [-0.25, -0.2) is 14.8 Å². The summed E-state index contributed by atoms with van der Waals surface area (Å²) in [4.78, 5) is 30.6. The van der Waals surface area contributed by atoms with Gasteiger partial charge in [0.1, 0.15) is 5.69 Å². The van der Waals surface area contributed by atoms with Crippen LogP contribution in [0.5, 0.6) is 5.88 Å². The Hall–Kier alpha value is -3.10. The third-order valence-corrected chi connectivity index (χ3v) is 3.04. The van der Waals surface area contributed by atoms with E-state index in [4.69, 9.17) is 5.11 Å². The molecule has 7 nitrogen and oxygen atoms in total. The van der Waals surface area contributed by atoms with Gasteiger partial charge in [0.15, 0.2) is 0 Å². The van der Waals surface area contributed by atoms with Crippen molar-refractivity contribution < 1.29 is 28.2 Å². The van der Waals surface area contributed by atoms with E-state index in [0.29, 0.717) is 0 Å². The average Bonchev–Trinajstić information content (AvgIpc) is 2.52. The number of nitrogens with zero attached hydrogens (tertiary/aromatic N) is 2. The van der Waals surface area contributed by atoms with Crippen molar-refractivity contribution in [2.75, 3.05) is 0 Å². The summed E-state index contributed by atoms with van der Waals surface area (Å²) in [6.45, 7) is -1.66. The summed E-state index contributed by atoms with van der Waals surface area (Å²) in [5, 5.41) is 11.4. The number of rotatable bonds is 6. The van der Waals surface area contributed by atoms with Gasteiger partial charge in [0, 0.05) is 18.3 Å². The minimum Gasteiger partial charge on any atom is -0.478 e. The molecule has 0 saturated heterocycles. The van der Waals surface area contributed by atoms with E-state index < -0.39 is 18.5 Å². The van der Waals surface area contributed by atoms with E-state index in [9.17, 15) is 18.4 Å². The minimum atomic E-state index is -3.03. The Morgan fingerprint density at radius 1 is 1.33 bits per heavy atom. The van der Waals surface area contributed by atoms with E-state index in [0.717, 1.165) is 0 Å². The van der Waals surface area contributed by atoms with E-state index in [1.54, 1.807) is 0 Å². The van der Waals surface area contributed by atoms with Crippen LogP contribution in [0, 0.1) is 6.92 Å². The molecule has 2 aromatic rings. The first kappa shape index (κ1) is 17.3. The monoisotopic (exact) mass is 337 g/mol. The normalized spacial score (nSPS) is 10.5. The van der Waals surface area contributed by atoms with Crippen molar-refractivity contribution >= 4 is 11.9 Å². The molecule has 0 aliphatic carbocycles. The second kappa shape index (κ2) is 7.44. The van der Waals surface area contributed by atoms with Gasteiger partial charge >= 0.3 is 12.6 Å². The first-order valence-corrected chi connectivity index (χ1v) is 6.76. The molecule has 0 aliphatic rings. The molecule has 2 aromatic heterocycles. The Morgan fingerprint density at radius 3 is 2.71 bits per heavy atom. The Labute approximate surface area is 135 Å². The largest absolute Gasteiger partial charge is 0.478 e. The summed E-state index contributed by atoms with van der Waals surface area (Å²) in [5.74, 6) is -2.00. The Bertz CT molecular complexity index is 768. The summed E-state index contributed by atoms with van der Waals surface area (Å²) in [5.41, 5.74) is 0.465. The SMILES string of the molecule is Cc1nc(C(=O)NCc2cccnc2OC(F)F)ccc1C(=O)O. The average molecular weight is 337 g/mol. The highest BCUT2D eigenvalue weighted by atomic mass is 19.3. The topological polar surface area (TPSA) is 101 Å². The fourth-order valence-electron chi connectivity index (χ4n) is 1.93. The lowest BCUT2D eigenvalue weighted by molar-refractivity contribution is -0.0535. The zero-order chi connectivity index (χ0) is 17.7. The van der Waals surface area contributed by atoms with Crippen LogP contribution >= 0.6 is 0 Å². The number of carboxylic acids is 1. The van der Waals surface area contributed by atoms with E-state index in [2.05, 4.69) is 20.0 Å². The fraction of sp³-hybridized carbons (Fsp3) is 0.200. The fourth-order valence-corrected chi connectivity index (χ4v) is 1.93. The Morgan fingerprint density at radius 2 is 2.08 bits per heavy atom. The van der Waals surface area contributed by atoms with Gasteiger partial charge in [-0.05, 0) is 25.1 Å².